The Labute approximate surface area is 134 Å². The third kappa shape index (κ3) is 3.11. The molecule has 3 rings (SSSR count). The highest BCUT2D eigenvalue weighted by Crippen LogP contribution is 2.32. The number of hydrogen-bond donors (Lipinski definition) is 1. The molecule has 6 nitrogen and oxygen atoms in total. The molecular weight excluding hydrogens is 316 g/mol. The Hall–Kier alpha value is -2.25. The number of nitrogens with zero attached hydrogens (tertiary/aromatic N) is 1. The van der Waals surface area contributed by atoms with E-state index in [1.807, 2.05) is 24.3 Å². The summed E-state index contributed by atoms with van der Waals surface area (Å²) in [6.07, 6.45) is 2.47. The van der Waals surface area contributed by atoms with Crippen molar-refractivity contribution in [3.8, 4) is 0 Å². The van der Waals surface area contributed by atoms with Gasteiger partial charge in [0.05, 0.1) is 4.92 Å². The number of para-hydroxylation sites is 1. The molecular formula is C16H16N2O4S. The van der Waals surface area contributed by atoms with E-state index in [1.165, 1.54) is 24.3 Å². The van der Waals surface area contributed by atoms with Crippen LogP contribution in [-0.2, 0) is 16.4 Å². The average Bonchev–Trinajstić information content (AvgIpc) is 2.55. The highest BCUT2D eigenvalue weighted by atomic mass is 32.2. The Morgan fingerprint density at radius 2 is 1.78 bits per heavy atom. The first-order valence-electron chi connectivity index (χ1n) is 7.32. The lowest BCUT2D eigenvalue weighted by atomic mass is 9.88. The minimum Gasteiger partial charge on any atom is -0.258 e. The normalized spacial score (nSPS) is 17.5. The molecule has 0 unspecified atom stereocenters. The van der Waals surface area contributed by atoms with Gasteiger partial charge >= 0.3 is 0 Å². The van der Waals surface area contributed by atoms with Crippen LogP contribution in [0.2, 0.25) is 0 Å². The molecule has 0 spiro atoms. The van der Waals surface area contributed by atoms with Crippen molar-refractivity contribution in [2.45, 2.75) is 30.2 Å². The summed E-state index contributed by atoms with van der Waals surface area (Å²) >= 11 is 0. The van der Waals surface area contributed by atoms with Gasteiger partial charge in [-0.2, -0.15) is 0 Å². The van der Waals surface area contributed by atoms with Crippen molar-refractivity contribution in [1.29, 1.82) is 0 Å². The Kier molecular flexibility index (Phi) is 4.14. The van der Waals surface area contributed by atoms with E-state index in [9.17, 15) is 18.5 Å². The number of fused-ring (bicyclic) bond motifs is 1. The number of nitrogens with one attached hydrogen (secondary N) is 1. The van der Waals surface area contributed by atoms with Crippen LogP contribution < -0.4 is 4.72 Å². The molecule has 2 aromatic rings. The van der Waals surface area contributed by atoms with E-state index in [1.54, 1.807) is 0 Å². The van der Waals surface area contributed by atoms with Crippen LogP contribution in [0.1, 0.15) is 30.0 Å². The van der Waals surface area contributed by atoms with E-state index >= 15 is 0 Å². The minimum atomic E-state index is -3.97. The maximum Gasteiger partial charge on any atom is 0.289 e. The summed E-state index contributed by atoms with van der Waals surface area (Å²) in [6, 6.07) is 12.7. The molecule has 0 heterocycles. The molecule has 0 amide bonds. The summed E-state index contributed by atoms with van der Waals surface area (Å²) in [5.41, 5.74) is 1.65. The first-order valence-corrected chi connectivity index (χ1v) is 8.81. The van der Waals surface area contributed by atoms with Crippen molar-refractivity contribution < 1.29 is 13.3 Å². The van der Waals surface area contributed by atoms with Crippen LogP contribution in [0.5, 0.6) is 0 Å². The second kappa shape index (κ2) is 6.10. The maximum absolute atomic E-state index is 12.6. The van der Waals surface area contributed by atoms with Gasteiger partial charge in [-0.25, -0.2) is 13.1 Å². The van der Waals surface area contributed by atoms with Gasteiger partial charge in [0, 0.05) is 12.1 Å². The van der Waals surface area contributed by atoms with Crippen molar-refractivity contribution in [2.24, 2.45) is 0 Å². The van der Waals surface area contributed by atoms with Gasteiger partial charge < -0.3 is 0 Å². The van der Waals surface area contributed by atoms with Crippen molar-refractivity contribution >= 4 is 15.7 Å². The van der Waals surface area contributed by atoms with Crippen molar-refractivity contribution in [1.82, 2.24) is 4.72 Å². The molecule has 2 aromatic carbocycles. The monoisotopic (exact) mass is 332 g/mol. The summed E-state index contributed by atoms with van der Waals surface area (Å²) in [5, 5.41) is 11.1. The molecule has 23 heavy (non-hydrogen) atoms. The van der Waals surface area contributed by atoms with Crippen LogP contribution in [0.25, 0.3) is 0 Å². The smallest absolute Gasteiger partial charge is 0.258 e. The zero-order valence-corrected chi connectivity index (χ0v) is 13.1. The van der Waals surface area contributed by atoms with E-state index in [2.05, 4.69) is 4.72 Å². The van der Waals surface area contributed by atoms with Gasteiger partial charge in [-0.15, -0.1) is 0 Å². The fourth-order valence-corrected chi connectivity index (χ4v) is 4.38. The Bertz CT molecular complexity index is 849. The lowest BCUT2D eigenvalue weighted by molar-refractivity contribution is -0.387. The van der Waals surface area contributed by atoms with Gasteiger partial charge in [0.2, 0.25) is 10.0 Å². The van der Waals surface area contributed by atoms with Gasteiger partial charge in [-0.1, -0.05) is 36.4 Å². The molecule has 0 saturated heterocycles. The van der Waals surface area contributed by atoms with Gasteiger partial charge in [0.25, 0.3) is 5.69 Å². The van der Waals surface area contributed by atoms with Crippen LogP contribution in [0.4, 0.5) is 5.69 Å². The summed E-state index contributed by atoms with van der Waals surface area (Å²) in [7, 11) is -3.97. The standard InChI is InChI=1S/C16H16N2O4S/c19-18(20)15-10-3-4-11-16(15)23(21,22)17-14-9-5-7-12-6-1-2-8-13(12)14/h1-4,6,8,10-11,14,17H,5,7,9H2/t14-/m1/s1. The van der Waals surface area contributed by atoms with Crippen molar-refractivity contribution in [3.05, 3.63) is 69.8 Å². The molecule has 1 N–H and O–H groups in total. The first kappa shape index (κ1) is 15.6. The van der Waals surface area contributed by atoms with Crippen LogP contribution >= 0.6 is 0 Å². The Morgan fingerprint density at radius 1 is 1.09 bits per heavy atom. The Morgan fingerprint density at radius 3 is 2.57 bits per heavy atom. The van der Waals surface area contributed by atoms with Gasteiger partial charge in [0.1, 0.15) is 0 Å². The highest BCUT2D eigenvalue weighted by Gasteiger charge is 2.30. The fourth-order valence-electron chi connectivity index (χ4n) is 2.96. The number of benzene rings is 2. The predicted molar refractivity (Wildman–Crippen MR) is 85.5 cm³/mol. The van der Waals surface area contributed by atoms with Crippen molar-refractivity contribution in [3.63, 3.8) is 0 Å². The Balaban J connectivity index is 1.96. The SMILES string of the molecule is O=[N+]([O-])c1ccccc1S(=O)(=O)N[C@@H]1CCCc2ccccc21. The molecule has 0 saturated carbocycles. The van der Waals surface area contributed by atoms with Crippen molar-refractivity contribution in [2.75, 3.05) is 0 Å². The van der Waals surface area contributed by atoms with Crippen LogP contribution in [0, 0.1) is 10.1 Å². The molecule has 0 bridgehead atoms. The number of hydrogen-bond acceptors (Lipinski definition) is 4. The average molecular weight is 332 g/mol. The molecule has 0 radical (unpaired) electrons. The first-order chi connectivity index (χ1) is 11.0. The molecule has 0 aliphatic heterocycles. The summed E-state index contributed by atoms with van der Waals surface area (Å²) < 4.78 is 27.9. The molecule has 1 aliphatic carbocycles. The molecule has 1 atom stereocenters. The molecule has 120 valence electrons. The topological polar surface area (TPSA) is 89.3 Å². The summed E-state index contributed by atoms with van der Waals surface area (Å²) in [4.78, 5) is 10.1. The van der Waals surface area contributed by atoms with E-state index in [-0.39, 0.29) is 10.9 Å². The number of nitro groups is 1. The second-order valence-corrected chi connectivity index (χ2v) is 7.17. The third-order valence-electron chi connectivity index (χ3n) is 4.02. The van der Waals surface area contributed by atoms with Crippen LogP contribution in [0.3, 0.4) is 0 Å². The zero-order valence-electron chi connectivity index (χ0n) is 12.3. The third-order valence-corrected chi connectivity index (χ3v) is 5.54. The highest BCUT2D eigenvalue weighted by molar-refractivity contribution is 7.89. The number of aryl methyl sites for hydroxylation is 1. The summed E-state index contributed by atoms with van der Waals surface area (Å²) in [5.74, 6) is 0. The van der Waals surface area contributed by atoms with Crippen LogP contribution in [0.15, 0.2) is 53.4 Å². The van der Waals surface area contributed by atoms with E-state index < -0.39 is 20.6 Å². The number of sulfonamides is 1. The molecule has 1 aliphatic rings. The summed E-state index contributed by atoms with van der Waals surface area (Å²) in [6.45, 7) is 0. The minimum absolute atomic E-state index is 0.298. The van der Waals surface area contributed by atoms with Gasteiger partial charge in [-0.3, -0.25) is 10.1 Å². The maximum atomic E-state index is 12.6. The zero-order chi connectivity index (χ0) is 16.4. The van der Waals surface area contributed by atoms with E-state index in [0.717, 1.165) is 24.0 Å². The molecule has 0 aromatic heterocycles. The fraction of sp³-hybridized carbons (Fsp3) is 0.250. The molecule has 7 heteroatoms. The lowest BCUT2D eigenvalue weighted by Gasteiger charge is -2.26. The largest absolute Gasteiger partial charge is 0.289 e. The van der Waals surface area contributed by atoms with Gasteiger partial charge in [-0.05, 0) is 36.5 Å². The van der Waals surface area contributed by atoms with E-state index in [4.69, 9.17) is 0 Å². The lowest BCUT2D eigenvalue weighted by Crippen LogP contribution is -2.31. The van der Waals surface area contributed by atoms with Crippen LogP contribution in [-0.4, -0.2) is 13.3 Å². The number of rotatable bonds is 4. The van der Waals surface area contributed by atoms with Gasteiger partial charge in [0.15, 0.2) is 4.90 Å². The number of nitro benzene ring substituents is 1. The predicted octanol–water partition coefficient (Wildman–Crippen LogP) is 2.95. The quantitative estimate of drug-likeness (QED) is 0.688. The second-order valence-electron chi connectivity index (χ2n) is 5.49. The van der Waals surface area contributed by atoms with E-state index in [0.29, 0.717) is 6.42 Å². The molecule has 0 fully saturated rings.